The SMILES string of the molecule is C1CC2NNC3OCCC3C2C1. The van der Waals surface area contributed by atoms with Crippen LogP contribution in [0.5, 0.6) is 0 Å². The van der Waals surface area contributed by atoms with Crippen LogP contribution in [0.1, 0.15) is 25.7 Å². The van der Waals surface area contributed by atoms with Gasteiger partial charge in [-0.15, -0.1) is 0 Å². The molecule has 2 saturated heterocycles. The molecule has 0 radical (unpaired) electrons. The van der Waals surface area contributed by atoms with Crippen molar-refractivity contribution in [2.75, 3.05) is 6.61 Å². The Balaban J connectivity index is 1.81. The van der Waals surface area contributed by atoms with Crippen LogP contribution in [0, 0.1) is 11.8 Å². The fourth-order valence-corrected chi connectivity index (χ4v) is 3.06. The molecule has 1 saturated carbocycles. The maximum atomic E-state index is 5.59. The molecule has 4 atom stereocenters. The second-order valence-corrected chi connectivity index (χ2v) is 4.23. The summed E-state index contributed by atoms with van der Waals surface area (Å²) in [6, 6.07) is 0.730. The molecule has 0 aromatic rings. The van der Waals surface area contributed by atoms with Crippen molar-refractivity contribution in [3.63, 3.8) is 0 Å². The van der Waals surface area contributed by atoms with Gasteiger partial charge in [0.25, 0.3) is 0 Å². The summed E-state index contributed by atoms with van der Waals surface area (Å²) in [4.78, 5) is 0. The minimum atomic E-state index is 0.310. The fourth-order valence-electron chi connectivity index (χ4n) is 3.06. The molecule has 3 fully saturated rings. The van der Waals surface area contributed by atoms with Gasteiger partial charge in [-0.2, -0.15) is 0 Å². The van der Waals surface area contributed by atoms with Gasteiger partial charge < -0.3 is 4.74 Å². The summed E-state index contributed by atoms with van der Waals surface area (Å²) in [5.41, 5.74) is 6.66. The van der Waals surface area contributed by atoms with Crippen molar-refractivity contribution in [1.29, 1.82) is 0 Å². The minimum absolute atomic E-state index is 0.310. The van der Waals surface area contributed by atoms with Crippen LogP contribution >= 0.6 is 0 Å². The first-order valence-corrected chi connectivity index (χ1v) is 5.08. The molecule has 4 unspecified atom stereocenters. The molecule has 3 rings (SSSR count). The van der Waals surface area contributed by atoms with Gasteiger partial charge >= 0.3 is 0 Å². The summed E-state index contributed by atoms with van der Waals surface area (Å²) in [6.07, 6.45) is 5.72. The van der Waals surface area contributed by atoms with Gasteiger partial charge in [-0.1, -0.05) is 6.42 Å². The lowest BCUT2D eigenvalue weighted by Crippen LogP contribution is -2.57. The zero-order valence-corrected chi connectivity index (χ0v) is 7.25. The Kier molecular flexibility index (Phi) is 1.63. The molecule has 12 heavy (non-hydrogen) atoms. The lowest BCUT2D eigenvalue weighted by atomic mass is 9.84. The van der Waals surface area contributed by atoms with Gasteiger partial charge in [0.05, 0.1) is 0 Å². The summed E-state index contributed by atoms with van der Waals surface area (Å²) in [7, 11) is 0. The zero-order chi connectivity index (χ0) is 7.97. The van der Waals surface area contributed by atoms with E-state index in [4.69, 9.17) is 4.74 Å². The summed E-state index contributed by atoms with van der Waals surface area (Å²) >= 11 is 0. The quantitative estimate of drug-likeness (QED) is 0.556. The molecular formula is C9H16N2O. The molecule has 0 amide bonds. The van der Waals surface area contributed by atoms with Crippen molar-refractivity contribution in [2.45, 2.75) is 38.0 Å². The number of hydrogen-bond donors (Lipinski definition) is 2. The van der Waals surface area contributed by atoms with Crippen LogP contribution in [-0.4, -0.2) is 18.9 Å². The van der Waals surface area contributed by atoms with Crippen LogP contribution in [0.15, 0.2) is 0 Å². The average Bonchev–Trinajstić information content (AvgIpc) is 2.71. The number of fused-ring (bicyclic) bond motifs is 3. The largest absolute Gasteiger partial charge is 0.362 e. The van der Waals surface area contributed by atoms with Gasteiger partial charge in [-0.25, -0.2) is 5.43 Å². The van der Waals surface area contributed by atoms with Crippen LogP contribution in [0.2, 0.25) is 0 Å². The third kappa shape index (κ3) is 0.934. The van der Waals surface area contributed by atoms with E-state index in [2.05, 4.69) is 10.9 Å². The van der Waals surface area contributed by atoms with E-state index in [-0.39, 0.29) is 0 Å². The maximum absolute atomic E-state index is 5.59. The maximum Gasteiger partial charge on any atom is 0.123 e. The van der Waals surface area contributed by atoms with Crippen LogP contribution in [0.25, 0.3) is 0 Å². The van der Waals surface area contributed by atoms with Crippen molar-refractivity contribution < 1.29 is 4.74 Å². The van der Waals surface area contributed by atoms with Crippen molar-refractivity contribution in [2.24, 2.45) is 11.8 Å². The molecule has 0 aromatic heterocycles. The van der Waals surface area contributed by atoms with Crippen molar-refractivity contribution >= 4 is 0 Å². The standard InChI is InChI=1S/C9H16N2O/c1-2-6-7-4-5-12-9(7)11-10-8(6)3-1/h6-11H,1-5H2. The van der Waals surface area contributed by atoms with Crippen molar-refractivity contribution in [3.05, 3.63) is 0 Å². The molecular weight excluding hydrogens is 152 g/mol. The van der Waals surface area contributed by atoms with E-state index in [1.54, 1.807) is 0 Å². The molecule has 3 nitrogen and oxygen atoms in total. The highest BCUT2D eigenvalue weighted by molar-refractivity contribution is 4.94. The first-order valence-electron chi connectivity index (χ1n) is 5.08. The zero-order valence-electron chi connectivity index (χ0n) is 7.25. The lowest BCUT2D eigenvalue weighted by molar-refractivity contribution is -0.000393. The summed E-state index contributed by atoms with van der Waals surface area (Å²) < 4.78 is 5.59. The van der Waals surface area contributed by atoms with E-state index in [1.165, 1.54) is 25.7 Å². The Morgan fingerprint density at radius 2 is 2.00 bits per heavy atom. The molecule has 2 heterocycles. The highest BCUT2D eigenvalue weighted by Gasteiger charge is 2.44. The van der Waals surface area contributed by atoms with Crippen molar-refractivity contribution in [1.82, 2.24) is 10.9 Å². The summed E-state index contributed by atoms with van der Waals surface area (Å²) in [5.74, 6) is 1.68. The van der Waals surface area contributed by atoms with E-state index in [1.807, 2.05) is 0 Å². The Morgan fingerprint density at radius 3 is 3.00 bits per heavy atom. The molecule has 1 aliphatic carbocycles. The van der Waals surface area contributed by atoms with Gasteiger partial charge in [-0.3, -0.25) is 5.43 Å². The Hall–Kier alpha value is -0.120. The van der Waals surface area contributed by atoms with Gasteiger partial charge in [0.1, 0.15) is 6.23 Å². The Morgan fingerprint density at radius 1 is 1.00 bits per heavy atom. The van der Waals surface area contributed by atoms with Crippen LogP contribution < -0.4 is 10.9 Å². The van der Waals surface area contributed by atoms with E-state index < -0.39 is 0 Å². The highest BCUT2D eigenvalue weighted by atomic mass is 16.5. The minimum Gasteiger partial charge on any atom is -0.362 e. The Labute approximate surface area is 72.8 Å². The first-order chi connectivity index (χ1) is 5.95. The number of hydrogen-bond acceptors (Lipinski definition) is 3. The molecule has 2 aliphatic heterocycles. The van der Waals surface area contributed by atoms with E-state index in [9.17, 15) is 0 Å². The van der Waals surface area contributed by atoms with E-state index in [0.29, 0.717) is 6.23 Å². The van der Waals surface area contributed by atoms with Crippen LogP contribution in [0.3, 0.4) is 0 Å². The predicted molar refractivity (Wildman–Crippen MR) is 45.2 cm³/mol. The fraction of sp³-hybridized carbons (Fsp3) is 1.00. The molecule has 3 aliphatic rings. The first kappa shape index (κ1) is 7.30. The lowest BCUT2D eigenvalue weighted by Gasteiger charge is -2.36. The molecule has 2 N–H and O–H groups in total. The molecule has 68 valence electrons. The number of ether oxygens (including phenoxy) is 1. The van der Waals surface area contributed by atoms with E-state index >= 15 is 0 Å². The third-order valence-corrected chi connectivity index (χ3v) is 3.67. The van der Waals surface area contributed by atoms with E-state index in [0.717, 1.165) is 24.5 Å². The second kappa shape index (κ2) is 2.69. The number of hydrazine groups is 1. The number of nitrogens with one attached hydrogen (secondary N) is 2. The predicted octanol–water partition coefficient (Wildman–Crippen LogP) is 0.625. The number of rotatable bonds is 0. The van der Waals surface area contributed by atoms with Crippen LogP contribution in [-0.2, 0) is 4.74 Å². The monoisotopic (exact) mass is 168 g/mol. The van der Waals surface area contributed by atoms with Gasteiger partial charge in [0, 0.05) is 18.6 Å². The topological polar surface area (TPSA) is 33.3 Å². The van der Waals surface area contributed by atoms with Crippen molar-refractivity contribution in [3.8, 4) is 0 Å². The van der Waals surface area contributed by atoms with Gasteiger partial charge in [0.2, 0.25) is 0 Å². The molecule has 0 bridgehead atoms. The third-order valence-electron chi connectivity index (χ3n) is 3.67. The Bertz CT molecular complexity index is 165. The van der Waals surface area contributed by atoms with Gasteiger partial charge in [0.15, 0.2) is 0 Å². The summed E-state index contributed by atoms with van der Waals surface area (Å²) in [6.45, 7) is 0.952. The normalized spacial score (nSPS) is 52.0. The second-order valence-electron chi connectivity index (χ2n) is 4.23. The summed E-state index contributed by atoms with van der Waals surface area (Å²) in [5, 5.41) is 0. The smallest absolute Gasteiger partial charge is 0.123 e. The molecule has 0 aromatic carbocycles. The van der Waals surface area contributed by atoms with Gasteiger partial charge in [-0.05, 0) is 25.2 Å². The molecule has 0 spiro atoms. The highest BCUT2D eigenvalue weighted by Crippen LogP contribution is 2.40. The average molecular weight is 168 g/mol. The van der Waals surface area contributed by atoms with Crippen LogP contribution in [0.4, 0.5) is 0 Å². The molecule has 3 heteroatoms.